The second-order valence-corrected chi connectivity index (χ2v) is 9.62. The third kappa shape index (κ3) is 3.86. The van der Waals surface area contributed by atoms with Crippen molar-refractivity contribution in [2.24, 2.45) is 0 Å². The van der Waals surface area contributed by atoms with Crippen LogP contribution in [0.3, 0.4) is 0 Å². The molecule has 0 spiro atoms. The predicted octanol–water partition coefficient (Wildman–Crippen LogP) is 4.49. The van der Waals surface area contributed by atoms with Gasteiger partial charge in [-0.3, -0.25) is 4.79 Å². The number of rotatable bonds is 4. The highest BCUT2D eigenvalue weighted by Crippen LogP contribution is 2.39. The first-order valence-corrected chi connectivity index (χ1v) is 11.9. The van der Waals surface area contributed by atoms with E-state index in [-0.39, 0.29) is 11.7 Å². The molecule has 2 aliphatic rings. The normalized spacial score (nSPS) is 16.7. The van der Waals surface area contributed by atoms with Crippen molar-refractivity contribution in [3.8, 4) is 22.8 Å². The molecule has 182 valence electrons. The number of piperazine rings is 1. The molecule has 9 heteroatoms. The van der Waals surface area contributed by atoms with E-state index >= 15 is 0 Å². The van der Waals surface area contributed by atoms with E-state index in [0.29, 0.717) is 11.7 Å². The average molecular weight is 485 g/mol. The van der Waals surface area contributed by atoms with Crippen molar-refractivity contribution in [1.29, 1.82) is 0 Å². The summed E-state index contributed by atoms with van der Waals surface area (Å²) in [5.74, 6) is 1.49. The quantitative estimate of drug-likeness (QED) is 0.457. The van der Waals surface area contributed by atoms with E-state index in [1.807, 2.05) is 56.3 Å². The molecule has 2 aliphatic heterocycles. The second kappa shape index (κ2) is 8.44. The van der Waals surface area contributed by atoms with Gasteiger partial charge in [-0.2, -0.15) is 4.98 Å². The molecule has 2 aromatic carbocycles. The summed E-state index contributed by atoms with van der Waals surface area (Å²) in [6.07, 6.45) is 1.75. The Kier molecular flexibility index (Phi) is 5.21. The lowest BCUT2D eigenvalue weighted by Crippen LogP contribution is -2.46. The van der Waals surface area contributed by atoms with Crippen LogP contribution in [0.4, 0.5) is 21.6 Å². The van der Waals surface area contributed by atoms with Crippen molar-refractivity contribution in [2.75, 3.05) is 41.3 Å². The molecule has 8 nitrogen and oxygen atoms in total. The number of nitrogens with zero attached hydrogens (tertiary/aromatic N) is 5. The fourth-order valence-corrected chi connectivity index (χ4v) is 4.71. The maximum absolute atomic E-state index is 13.2. The predicted molar refractivity (Wildman–Crippen MR) is 135 cm³/mol. The summed E-state index contributed by atoms with van der Waals surface area (Å²) in [5, 5.41) is 7.05. The molecule has 4 aromatic rings. The summed E-state index contributed by atoms with van der Waals surface area (Å²) >= 11 is 0. The highest BCUT2D eigenvalue weighted by Gasteiger charge is 2.38. The summed E-state index contributed by atoms with van der Waals surface area (Å²) < 4.78 is 18.7. The Balaban J connectivity index is 1.14. The number of pyridine rings is 1. The molecule has 1 amide bonds. The second-order valence-electron chi connectivity index (χ2n) is 9.62. The molecule has 1 saturated heterocycles. The van der Waals surface area contributed by atoms with E-state index in [1.165, 1.54) is 12.1 Å². The van der Waals surface area contributed by atoms with Gasteiger partial charge >= 0.3 is 0 Å². The first-order chi connectivity index (χ1) is 17.4. The zero-order chi connectivity index (χ0) is 24.9. The number of benzene rings is 2. The van der Waals surface area contributed by atoms with Crippen molar-refractivity contribution >= 4 is 23.1 Å². The lowest BCUT2D eigenvalue weighted by atomic mass is 9.85. The third-order valence-corrected chi connectivity index (χ3v) is 6.98. The molecule has 0 aliphatic carbocycles. The number of nitrogens with one attached hydrogen (secondary N) is 1. The number of anilines is 3. The number of hydrogen-bond acceptors (Lipinski definition) is 7. The SMILES string of the molecule is CC1(C)C(=O)Nc2ccc(-c3nc(-c4ccc(N5CCN(c6ccc(F)cc6)CC5)nc4)no3)cc21. The fraction of sp³-hybridized carbons (Fsp3) is 0.259. The molecular formula is C27H25FN6O2. The first kappa shape index (κ1) is 22.2. The summed E-state index contributed by atoms with van der Waals surface area (Å²) in [6.45, 7) is 7.11. The van der Waals surface area contributed by atoms with Crippen LogP contribution in [0.2, 0.25) is 0 Å². The van der Waals surface area contributed by atoms with Crippen molar-refractivity contribution in [1.82, 2.24) is 15.1 Å². The van der Waals surface area contributed by atoms with Gasteiger partial charge in [0.25, 0.3) is 5.89 Å². The van der Waals surface area contributed by atoms with Crippen molar-refractivity contribution in [3.63, 3.8) is 0 Å². The van der Waals surface area contributed by atoms with E-state index in [2.05, 4.69) is 30.2 Å². The molecule has 36 heavy (non-hydrogen) atoms. The Labute approximate surface area is 207 Å². The van der Waals surface area contributed by atoms with Gasteiger partial charge in [-0.05, 0) is 74.0 Å². The largest absolute Gasteiger partial charge is 0.368 e. The zero-order valence-corrected chi connectivity index (χ0v) is 20.0. The van der Waals surface area contributed by atoms with E-state index in [1.54, 1.807) is 6.20 Å². The fourth-order valence-electron chi connectivity index (χ4n) is 4.71. The van der Waals surface area contributed by atoms with Crippen LogP contribution in [0.5, 0.6) is 0 Å². The van der Waals surface area contributed by atoms with Crippen molar-refractivity contribution in [2.45, 2.75) is 19.3 Å². The number of fused-ring (bicyclic) bond motifs is 1. The van der Waals surface area contributed by atoms with Crippen molar-refractivity contribution in [3.05, 3.63) is 72.2 Å². The minimum atomic E-state index is -0.613. The van der Waals surface area contributed by atoms with Crippen LogP contribution in [0.1, 0.15) is 19.4 Å². The molecule has 1 fully saturated rings. The zero-order valence-electron chi connectivity index (χ0n) is 20.0. The number of carbonyl (C=O) groups is 1. The summed E-state index contributed by atoms with van der Waals surface area (Å²) in [4.78, 5) is 25.9. The molecule has 0 bridgehead atoms. The molecule has 4 heterocycles. The minimum Gasteiger partial charge on any atom is -0.368 e. The third-order valence-electron chi connectivity index (χ3n) is 6.98. The Hall–Kier alpha value is -4.27. The lowest BCUT2D eigenvalue weighted by Gasteiger charge is -2.36. The molecule has 2 aromatic heterocycles. The highest BCUT2D eigenvalue weighted by atomic mass is 19.1. The first-order valence-electron chi connectivity index (χ1n) is 11.9. The van der Waals surface area contributed by atoms with E-state index in [9.17, 15) is 9.18 Å². The van der Waals surface area contributed by atoms with Crippen molar-refractivity contribution < 1.29 is 13.7 Å². The number of amides is 1. The monoisotopic (exact) mass is 484 g/mol. The van der Waals surface area contributed by atoms with Gasteiger partial charge in [-0.1, -0.05) is 5.16 Å². The Morgan fingerprint density at radius 3 is 2.39 bits per heavy atom. The molecule has 1 N–H and O–H groups in total. The molecule has 0 atom stereocenters. The van der Waals surface area contributed by atoms with E-state index in [4.69, 9.17) is 4.52 Å². The van der Waals surface area contributed by atoms with E-state index < -0.39 is 5.41 Å². The maximum atomic E-state index is 13.2. The number of aromatic nitrogens is 3. The van der Waals surface area contributed by atoms with Crippen LogP contribution in [0, 0.1) is 5.82 Å². The Bertz CT molecular complexity index is 1420. The van der Waals surface area contributed by atoms with Gasteiger partial charge in [-0.15, -0.1) is 0 Å². The van der Waals surface area contributed by atoms with Gasteiger partial charge in [0.2, 0.25) is 11.7 Å². The van der Waals surface area contributed by atoms with Gasteiger partial charge in [-0.25, -0.2) is 9.37 Å². The van der Waals surface area contributed by atoms with Crippen LogP contribution >= 0.6 is 0 Å². The van der Waals surface area contributed by atoms with Crippen LogP contribution in [-0.2, 0) is 10.2 Å². The van der Waals surface area contributed by atoms with Gasteiger partial charge in [0.15, 0.2) is 0 Å². The number of halogens is 1. The van der Waals surface area contributed by atoms with Gasteiger partial charge in [0.1, 0.15) is 11.6 Å². The Morgan fingerprint density at radius 2 is 1.67 bits per heavy atom. The van der Waals surface area contributed by atoms with Gasteiger partial charge in [0.05, 0.1) is 5.41 Å². The topological polar surface area (TPSA) is 87.4 Å². The molecule has 0 saturated carbocycles. The standard InChI is InChI=1S/C27H25FN6O2/c1-27(2)21-15-17(3-9-22(21)30-26(27)35)25-31-24(32-36-25)18-4-10-23(29-16-18)34-13-11-33(12-14-34)20-7-5-19(28)6-8-20/h3-10,15-16H,11-14H2,1-2H3,(H,30,35). The lowest BCUT2D eigenvalue weighted by molar-refractivity contribution is -0.119. The molecule has 0 unspecified atom stereocenters. The molecule has 6 rings (SSSR count). The Morgan fingerprint density at radius 1 is 0.944 bits per heavy atom. The summed E-state index contributed by atoms with van der Waals surface area (Å²) in [7, 11) is 0. The molecular weight excluding hydrogens is 459 g/mol. The summed E-state index contributed by atoms with van der Waals surface area (Å²) in [6, 6.07) is 16.2. The van der Waals surface area contributed by atoms with Gasteiger partial charge in [0, 0.05) is 54.9 Å². The van der Waals surface area contributed by atoms with Crippen LogP contribution in [0.15, 0.2) is 65.3 Å². The smallest absolute Gasteiger partial charge is 0.258 e. The van der Waals surface area contributed by atoms with Crippen LogP contribution in [0.25, 0.3) is 22.8 Å². The summed E-state index contributed by atoms with van der Waals surface area (Å²) in [5.41, 5.74) is 3.67. The van der Waals surface area contributed by atoms with E-state index in [0.717, 1.165) is 60.1 Å². The number of carbonyl (C=O) groups excluding carboxylic acids is 1. The molecule has 0 radical (unpaired) electrons. The van der Waals surface area contributed by atoms with Gasteiger partial charge < -0.3 is 19.6 Å². The highest BCUT2D eigenvalue weighted by molar-refractivity contribution is 6.06. The van der Waals surface area contributed by atoms with Crippen LogP contribution in [-0.4, -0.2) is 47.2 Å². The van der Waals surface area contributed by atoms with Crippen LogP contribution < -0.4 is 15.1 Å². The number of hydrogen-bond donors (Lipinski definition) is 1. The minimum absolute atomic E-state index is 0.0242. The average Bonchev–Trinajstić information content (AvgIpc) is 3.48. The maximum Gasteiger partial charge on any atom is 0.258 e.